The Morgan fingerprint density at radius 2 is 2.03 bits per heavy atom. The van der Waals surface area contributed by atoms with Crippen LogP contribution in [0.3, 0.4) is 0 Å². The van der Waals surface area contributed by atoms with Crippen LogP contribution in [0.15, 0.2) is 48.7 Å². The van der Waals surface area contributed by atoms with Crippen LogP contribution in [-0.2, 0) is 16.1 Å². The summed E-state index contributed by atoms with van der Waals surface area (Å²) in [7, 11) is 0. The molecule has 1 saturated carbocycles. The number of aliphatic hydroxyl groups is 2. The summed E-state index contributed by atoms with van der Waals surface area (Å²) in [4.78, 5) is 17.0. The summed E-state index contributed by atoms with van der Waals surface area (Å²) in [5, 5.41) is 20.5. The highest BCUT2D eigenvalue weighted by molar-refractivity contribution is 5.82. The van der Waals surface area contributed by atoms with E-state index in [-0.39, 0.29) is 30.5 Å². The van der Waals surface area contributed by atoms with Gasteiger partial charge in [-0.1, -0.05) is 50.6 Å². The molecule has 0 bridgehead atoms. The number of aliphatic hydroxyl groups excluding tert-OH is 1. The van der Waals surface area contributed by atoms with Crippen molar-refractivity contribution in [3.8, 4) is 11.1 Å². The van der Waals surface area contributed by atoms with Crippen molar-refractivity contribution in [2.45, 2.75) is 51.9 Å². The molecule has 5 nitrogen and oxygen atoms in total. The zero-order chi connectivity index (χ0) is 22.2. The Bertz CT molecular complexity index is 970. The molecule has 2 fully saturated rings. The Morgan fingerprint density at radius 3 is 2.71 bits per heavy atom. The van der Waals surface area contributed by atoms with Crippen LogP contribution in [-0.4, -0.2) is 32.9 Å². The lowest BCUT2D eigenvalue weighted by Gasteiger charge is -2.45. The molecule has 2 heterocycles. The number of carbonyl (C=O) groups is 1. The first-order valence-corrected chi connectivity index (χ1v) is 11.1. The fourth-order valence-corrected chi connectivity index (χ4v) is 5.68. The van der Waals surface area contributed by atoms with Crippen molar-refractivity contribution in [3.05, 3.63) is 59.9 Å². The van der Waals surface area contributed by atoms with Crippen LogP contribution in [0.4, 0.5) is 0 Å². The second-order valence-corrected chi connectivity index (χ2v) is 9.08. The summed E-state index contributed by atoms with van der Waals surface area (Å²) < 4.78 is 5.46. The van der Waals surface area contributed by atoms with Crippen LogP contribution in [0.25, 0.3) is 17.2 Å². The van der Waals surface area contributed by atoms with E-state index in [1.54, 1.807) is 0 Å². The third kappa shape index (κ3) is 3.92. The largest absolute Gasteiger partial charge is 0.460 e. The topological polar surface area (TPSA) is 79.7 Å². The molecule has 1 aliphatic heterocycles. The van der Waals surface area contributed by atoms with E-state index in [1.165, 1.54) is 0 Å². The van der Waals surface area contributed by atoms with Gasteiger partial charge in [0.1, 0.15) is 6.10 Å². The molecular weight excluding hydrogens is 390 g/mol. The van der Waals surface area contributed by atoms with Crippen LogP contribution in [0.1, 0.15) is 44.9 Å². The Kier molecular flexibility index (Phi) is 6.00. The number of aromatic nitrogens is 1. The first-order valence-electron chi connectivity index (χ1n) is 11.1. The van der Waals surface area contributed by atoms with Crippen molar-refractivity contribution in [1.82, 2.24) is 4.98 Å². The first-order chi connectivity index (χ1) is 14.9. The number of hydrogen-bond acceptors (Lipinski definition) is 5. The standard InChI is InChI=1S/C26H31NO4/c1-4-22-16(2)13-26(30)24(17(3)31-25(26)29)23(22)11-10-21-9-8-20(14-27-21)19-7-5-6-18(12-19)15-28/h5-12,14,16-17,22-24,28,30H,4,13,15H2,1-3H3/b11-10+/t16?,17-,22?,23?,24?,26?/m1/s1. The Labute approximate surface area is 183 Å². The Balaban J connectivity index is 1.59. The van der Waals surface area contributed by atoms with Crippen molar-refractivity contribution < 1.29 is 19.7 Å². The van der Waals surface area contributed by atoms with Crippen LogP contribution in [0, 0.1) is 23.7 Å². The molecule has 2 N–H and O–H groups in total. The number of pyridine rings is 1. The second-order valence-electron chi connectivity index (χ2n) is 9.08. The summed E-state index contributed by atoms with van der Waals surface area (Å²) >= 11 is 0. The molecule has 5 heteroatoms. The molecule has 1 aromatic heterocycles. The predicted molar refractivity (Wildman–Crippen MR) is 120 cm³/mol. The minimum Gasteiger partial charge on any atom is -0.460 e. The maximum absolute atomic E-state index is 12.4. The molecular formula is C26H31NO4. The normalized spacial score (nSPS) is 32.8. The Morgan fingerprint density at radius 1 is 1.23 bits per heavy atom. The van der Waals surface area contributed by atoms with Gasteiger partial charge in [0.2, 0.25) is 0 Å². The smallest absolute Gasteiger partial charge is 0.338 e. The number of ether oxygens (including phenoxy) is 1. The van der Waals surface area contributed by atoms with Crippen molar-refractivity contribution >= 4 is 12.0 Å². The molecule has 0 spiro atoms. The number of benzene rings is 1. The predicted octanol–water partition coefficient (Wildman–Crippen LogP) is 4.23. The van der Waals surface area contributed by atoms with Gasteiger partial charge in [-0.2, -0.15) is 0 Å². The van der Waals surface area contributed by atoms with Gasteiger partial charge < -0.3 is 14.9 Å². The molecule has 6 atom stereocenters. The second kappa shape index (κ2) is 8.56. The fraction of sp³-hybridized carbons (Fsp3) is 0.462. The molecule has 1 aliphatic carbocycles. The van der Waals surface area contributed by atoms with Crippen molar-refractivity contribution in [2.75, 3.05) is 0 Å². The van der Waals surface area contributed by atoms with Crippen LogP contribution >= 0.6 is 0 Å². The highest BCUT2D eigenvalue weighted by Gasteiger charge is 2.62. The molecule has 31 heavy (non-hydrogen) atoms. The summed E-state index contributed by atoms with van der Waals surface area (Å²) in [6.07, 6.45) is 7.09. The zero-order valence-corrected chi connectivity index (χ0v) is 18.4. The first kappa shape index (κ1) is 21.7. The fourth-order valence-electron chi connectivity index (χ4n) is 5.68. The van der Waals surface area contributed by atoms with Gasteiger partial charge in [0.25, 0.3) is 0 Å². The Hall–Kier alpha value is -2.50. The van der Waals surface area contributed by atoms with Gasteiger partial charge in [0, 0.05) is 17.7 Å². The molecule has 4 rings (SSSR count). The van der Waals surface area contributed by atoms with Crippen molar-refractivity contribution in [1.29, 1.82) is 0 Å². The molecule has 1 aromatic carbocycles. The number of rotatable bonds is 5. The highest BCUT2D eigenvalue weighted by atomic mass is 16.6. The maximum Gasteiger partial charge on any atom is 0.338 e. The van der Waals surface area contributed by atoms with Gasteiger partial charge in [-0.25, -0.2) is 4.79 Å². The van der Waals surface area contributed by atoms with Crippen molar-refractivity contribution in [2.24, 2.45) is 23.7 Å². The van der Waals surface area contributed by atoms with Gasteiger partial charge in [-0.15, -0.1) is 0 Å². The van der Waals surface area contributed by atoms with Gasteiger partial charge >= 0.3 is 5.97 Å². The number of esters is 1. The van der Waals surface area contributed by atoms with E-state index < -0.39 is 11.6 Å². The molecule has 0 amide bonds. The summed E-state index contributed by atoms with van der Waals surface area (Å²) in [6, 6.07) is 11.8. The van der Waals surface area contributed by atoms with E-state index in [2.05, 4.69) is 24.9 Å². The van der Waals surface area contributed by atoms with Crippen molar-refractivity contribution in [3.63, 3.8) is 0 Å². The van der Waals surface area contributed by atoms with E-state index in [9.17, 15) is 15.0 Å². The van der Waals surface area contributed by atoms with E-state index in [0.717, 1.165) is 28.8 Å². The highest BCUT2D eigenvalue weighted by Crippen LogP contribution is 2.52. The van der Waals surface area contributed by atoms with E-state index in [0.29, 0.717) is 12.3 Å². The van der Waals surface area contributed by atoms with Gasteiger partial charge in [0.05, 0.1) is 12.3 Å². The lowest BCUT2D eigenvalue weighted by Crippen LogP contribution is -2.53. The minimum absolute atomic E-state index is 0.0126. The number of cyclic esters (lactones) is 1. The molecule has 1 saturated heterocycles. The number of carbonyl (C=O) groups excluding carboxylic acids is 1. The third-order valence-corrected chi connectivity index (χ3v) is 7.17. The molecule has 5 unspecified atom stereocenters. The van der Waals surface area contributed by atoms with Gasteiger partial charge in [0.15, 0.2) is 5.60 Å². The average Bonchev–Trinajstić information content (AvgIpc) is 2.99. The van der Waals surface area contributed by atoms with Gasteiger partial charge in [-0.05, 0) is 60.4 Å². The lowest BCUT2D eigenvalue weighted by atomic mass is 9.59. The van der Waals surface area contributed by atoms with E-state index in [1.807, 2.05) is 55.6 Å². The van der Waals surface area contributed by atoms with E-state index >= 15 is 0 Å². The summed E-state index contributed by atoms with van der Waals surface area (Å²) in [5.41, 5.74) is 2.31. The quantitative estimate of drug-likeness (QED) is 0.707. The monoisotopic (exact) mass is 421 g/mol. The lowest BCUT2D eigenvalue weighted by molar-refractivity contribution is -0.160. The SMILES string of the molecule is CCC1C(C)CC2(O)C(=O)O[C@H](C)C2C1/C=C/c1ccc(-c2cccc(CO)c2)cn1. The van der Waals surface area contributed by atoms with Crippen LogP contribution < -0.4 is 0 Å². The zero-order valence-electron chi connectivity index (χ0n) is 18.4. The van der Waals surface area contributed by atoms with E-state index in [4.69, 9.17) is 4.74 Å². The molecule has 164 valence electrons. The number of nitrogens with zero attached hydrogens (tertiary/aromatic N) is 1. The number of hydrogen-bond donors (Lipinski definition) is 2. The summed E-state index contributed by atoms with van der Waals surface area (Å²) in [6.45, 7) is 6.19. The molecule has 0 radical (unpaired) electrons. The summed E-state index contributed by atoms with van der Waals surface area (Å²) in [5.74, 6) is -0.0648. The minimum atomic E-state index is -1.39. The molecule has 2 aromatic rings. The van der Waals surface area contributed by atoms with Crippen LogP contribution in [0.2, 0.25) is 0 Å². The number of fused-ring (bicyclic) bond motifs is 1. The maximum atomic E-state index is 12.4. The van der Waals surface area contributed by atoms with Crippen LogP contribution in [0.5, 0.6) is 0 Å². The third-order valence-electron chi connectivity index (χ3n) is 7.17. The average molecular weight is 422 g/mol. The number of allylic oxidation sites excluding steroid dienone is 1. The molecule has 2 aliphatic rings. The van der Waals surface area contributed by atoms with Gasteiger partial charge in [-0.3, -0.25) is 4.98 Å².